The van der Waals surface area contributed by atoms with Gasteiger partial charge in [-0.2, -0.15) is 11.8 Å². The maximum atomic E-state index is 9.97. The molecule has 0 radical (unpaired) electrons. The third kappa shape index (κ3) is 2.68. The Kier molecular flexibility index (Phi) is 3.26. The number of unbranched alkanes of at least 4 members (excludes halogenated alkanes) is 1. The van der Waals surface area contributed by atoms with Crippen LogP contribution in [0.4, 0.5) is 0 Å². The van der Waals surface area contributed by atoms with E-state index in [-0.39, 0.29) is 5.60 Å². The molecular formula is C9H18OS. The number of rotatable bonds is 3. The van der Waals surface area contributed by atoms with E-state index in [9.17, 15) is 5.11 Å². The molecule has 11 heavy (non-hydrogen) atoms. The highest BCUT2D eigenvalue weighted by Crippen LogP contribution is 2.37. The van der Waals surface area contributed by atoms with E-state index in [2.05, 4.69) is 13.8 Å². The summed E-state index contributed by atoms with van der Waals surface area (Å²) in [4.78, 5) is 0. The number of hydrogen-bond acceptors (Lipinski definition) is 2. The average Bonchev–Trinajstić information content (AvgIpc) is 2.28. The number of aliphatic hydroxyl groups is 1. The first-order valence-electron chi connectivity index (χ1n) is 4.50. The fraction of sp³-hybridized carbons (Fsp3) is 1.00. The Labute approximate surface area is 73.6 Å². The second kappa shape index (κ2) is 3.81. The van der Waals surface area contributed by atoms with Gasteiger partial charge in [0.2, 0.25) is 0 Å². The van der Waals surface area contributed by atoms with E-state index in [4.69, 9.17) is 0 Å². The molecule has 1 nitrogen and oxygen atoms in total. The lowest BCUT2D eigenvalue weighted by atomic mass is 9.94. The summed E-state index contributed by atoms with van der Waals surface area (Å²) in [6.45, 7) is 4.38. The molecule has 0 aromatic carbocycles. The molecule has 2 atom stereocenters. The number of hydrogen-bond donors (Lipinski definition) is 1. The van der Waals surface area contributed by atoms with E-state index in [0.29, 0.717) is 5.25 Å². The Morgan fingerprint density at radius 2 is 2.36 bits per heavy atom. The van der Waals surface area contributed by atoms with Gasteiger partial charge in [-0.15, -0.1) is 0 Å². The van der Waals surface area contributed by atoms with Crippen LogP contribution in [-0.2, 0) is 0 Å². The van der Waals surface area contributed by atoms with E-state index >= 15 is 0 Å². The van der Waals surface area contributed by atoms with Crippen molar-refractivity contribution in [1.82, 2.24) is 0 Å². The molecule has 0 spiro atoms. The lowest BCUT2D eigenvalue weighted by Crippen LogP contribution is -2.28. The third-order valence-electron chi connectivity index (χ3n) is 2.30. The summed E-state index contributed by atoms with van der Waals surface area (Å²) in [7, 11) is 0. The largest absolute Gasteiger partial charge is 0.389 e. The average molecular weight is 174 g/mol. The summed E-state index contributed by atoms with van der Waals surface area (Å²) < 4.78 is 0. The lowest BCUT2D eigenvalue weighted by molar-refractivity contribution is 0.0524. The first-order valence-corrected chi connectivity index (χ1v) is 5.55. The zero-order valence-corrected chi connectivity index (χ0v) is 8.28. The van der Waals surface area contributed by atoms with E-state index in [1.165, 1.54) is 12.8 Å². The van der Waals surface area contributed by atoms with E-state index in [1.54, 1.807) is 0 Å². The highest BCUT2D eigenvalue weighted by molar-refractivity contribution is 8.00. The van der Waals surface area contributed by atoms with Gasteiger partial charge in [-0.25, -0.2) is 0 Å². The molecule has 2 heteroatoms. The predicted molar refractivity (Wildman–Crippen MR) is 51.0 cm³/mol. The molecule has 0 amide bonds. The first kappa shape index (κ1) is 9.40. The zero-order chi connectivity index (χ0) is 8.32. The van der Waals surface area contributed by atoms with Crippen LogP contribution in [0.25, 0.3) is 0 Å². The quantitative estimate of drug-likeness (QED) is 0.709. The van der Waals surface area contributed by atoms with Crippen molar-refractivity contribution in [1.29, 1.82) is 0 Å². The van der Waals surface area contributed by atoms with Crippen LogP contribution in [-0.4, -0.2) is 21.7 Å². The van der Waals surface area contributed by atoms with Crippen LogP contribution in [0.3, 0.4) is 0 Å². The summed E-state index contributed by atoms with van der Waals surface area (Å²) in [6, 6.07) is 0. The van der Waals surface area contributed by atoms with Crippen molar-refractivity contribution in [2.24, 2.45) is 0 Å². The molecule has 1 fully saturated rings. The molecule has 1 saturated heterocycles. The summed E-state index contributed by atoms with van der Waals surface area (Å²) >= 11 is 1.90. The molecule has 0 saturated carbocycles. The Morgan fingerprint density at radius 1 is 1.64 bits per heavy atom. The van der Waals surface area contributed by atoms with Gasteiger partial charge in [0, 0.05) is 11.0 Å². The van der Waals surface area contributed by atoms with Crippen LogP contribution in [0, 0.1) is 0 Å². The SMILES string of the molecule is CCCCC1(O)CSC(C)C1. The van der Waals surface area contributed by atoms with Gasteiger partial charge in [-0.05, 0) is 12.8 Å². The third-order valence-corrected chi connectivity index (χ3v) is 3.74. The fourth-order valence-electron chi connectivity index (χ4n) is 1.63. The second-order valence-electron chi connectivity index (χ2n) is 3.65. The molecule has 1 rings (SSSR count). The van der Waals surface area contributed by atoms with Gasteiger partial charge in [0.25, 0.3) is 0 Å². The molecule has 0 aliphatic carbocycles. The van der Waals surface area contributed by atoms with Crippen LogP contribution in [0.2, 0.25) is 0 Å². The number of thioether (sulfide) groups is 1. The van der Waals surface area contributed by atoms with Crippen molar-refractivity contribution in [2.75, 3.05) is 5.75 Å². The molecule has 0 bridgehead atoms. The smallest absolute Gasteiger partial charge is 0.0748 e. The van der Waals surface area contributed by atoms with Crippen LogP contribution in [0.15, 0.2) is 0 Å². The first-order chi connectivity index (χ1) is 5.16. The minimum absolute atomic E-state index is 0.319. The van der Waals surface area contributed by atoms with Gasteiger partial charge in [-0.3, -0.25) is 0 Å². The predicted octanol–water partition coefficient (Wildman–Crippen LogP) is 2.43. The molecule has 2 unspecified atom stereocenters. The Bertz CT molecular complexity index is 127. The van der Waals surface area contributed by atoms with Crippen molar-refractivity contribution in [3.63, 3.8) is 0 Å². The topological polar surface area (TPSA) is 20.2 Å². The molecule has 1 aliphatic rings. The molecule has 0 aromatic heterocycles. The van der Waals surface area contributed by atoms with Gasteiger partial charge in [0.15, 0.2) is 0 Å². The van der Waals surface area contributed by atoms with Crippen molar-refractivity contribution in [2.45, 2.75) is 50.4 Å². The van der Waals surface area contributed by atoms with Gasteiger partial charge in [-0.1, -0.05) is 26.7 Å². The van der Waals surface area contributed by atoms with Gasteiger partial charge < -0.3 is 5.11 Å². The van der Waals surface area contributed by atoms with Crippen LogP contribution in [0.5, 0.6) is 0 Å². The van der Waals surface area contributed by atoms with Crippen molar-refractivity contribution in [3.8, 4) is 0 Å². The lowest BCUT2D eigenvalue weighted by Gasteiger charge is -2.20. The Hall–Kier alpha value is 0.310. The minimum Gasteiger partial charge on any atom is -0.389 e. The molecule has 1 N–H and O–H groups in total. The standard InChI is InChI=1S/C9H18OS/c1-3-4-5-9(10)6-8(2)11-7-9/h8,10H,3-7H2,1-2H3. The van der Waals surface area contributed by atoms with Crippen molar-refractivity contribution in [3.05, 3.63) is 0 Å². The Balaban J connectivity index is 2.29. The summed E-state index contributed by atoms with van der Waals surface area (Å²) in [5.74, 6) is 0.953. The second-order valence-corrected chi connectivity index (χ2v) is 5.08. The highest BCUT2D eigenvalue weighted by Gasteiger charge is 2.34. The van der Waals surface area contributed by atoms with Crippen LogP contribution < -0.4 is 0 Å². The van der Waals surface area contributed by atoms with E-state index in [0.717, 1.165) is 18.6 Å². The highest BCUT2D eigenvalue weighted by atomic mass is 32.2. The van der Waals surface area contributed by atoms with Gasteiger partial charge in [0.05, 0.1) is 5.60 Å². The van der Waals surface area contributed by atoms with Crippen molar-refractivity contribution >= 4 is 11.8 Å². The van der Waals surface area contributed by atoms with Gasteiger partial charge >= 0.3 is 0 Å². The zero-order valence-electron chi connectivity index (χ0n) is 7.47. The summed E-state index contributed by atoms with van der Waals surface area (Å²) in [5, 5.41) is 10.6. The van der Waals surface area contributed by atoms with Crippen LogP contribution >= 0.6 is 11.8 Å². The van der Waals surface area contributed by atoms with Gasteiger partial charge in [0.1, 0.15) is 0 Å². The Morgan fingerprint density at radius 3 is 2.82 bits per heavy atom. The normalized spacial score (nSPS) is 37.9. The summed E-state index contributed by atoms with van der Waals surface area (Å²) in [6.07, 6.45) is 4.36. The monoisotopic (exact) mass is 174 g/mol. The molecular weight excluding hydrogens is 156 g/mol. The fourth-order valence-corrected chi connectivity index (χ4v) is 2.92. The van der Waals surface area contributed by atoms with E-state index in [1.807, 2.05) is 11.8 Å². The van der Waals surface area contributed by atoms with Crippen molar-refractivity contribution < 1.29 is 5.11 Å². The molecule has 1 aliphatic heterocycles. The van der Waals surface area contributed by atoms with E-state index < -0.39 is 0 Å². The van der Waals surface area contributed by atoms with Crippen LogP contribution in [0.1, 0.15) is 39.5 Å². The molecule has 66 valence electrons. The molecule has 1 heterocycles. The summed E-state index contributed by atoms with van der Waals surface area (Å²) in [5.41, 5.74) is -0.319. The molecule has 0 aromatic rings. The minimum atomic E-state index is -0.319. The maximum Gasteiger partial charge on any atom is 0.0748 e. The maximum absolute atomic E-state index is 9.97.